The van der Waals surface area contributed by atoms with Gasteiger partial charge in [0.1, 0.15) is 0 Å². The van der Waals surface area contributed by atoms with Crippen molar-refractivity contribution in [1.29, 1.82) is 0 Å². The fourth-order valence-corrected chi connectivity index (χ4v) is 3.66. The zero-order valence-electron chi connectivity index (χ0n) is 12.2. The van der Waals surface area contributed by atoms with Crippen LogP contribution in [0.2, 0.25) is 0 Å². The van der Waals surface area contributed by atoms with E-state index >= 15 is 0 Å². The van der Waals surface area contributed by atoms with Crippen molar-refractivity contribution in [2.75, 3.05) is 31.1 Å². The van der Waals surface area contributed by atoms with Crippen molar-refractivity contribution in [3.8, 4) is 0 Å². The van der Waals surface area contributed by atoms with E-state index in [4.69, 9.17) is 5.73 Å². The highest BCUT2D eigenvalue weighted by molar-refractivity contribution is 7.13. The Kier molecular flexibility index (Phi) is 4.48. The van der Waals surface area contributed by atoms with E-state index in [1.54, 1.807) is 11.3 Å². The monoisotopic (exact) mass is 303 g/mol. The standard InChI is InChI=1S/C15H21N5S/c1-12(16)14(13-3-2-4-17-11-13)19-6-8-20(9-7-19)15-18-5-10-21-15/h2-5,10-12,14H,6-9,16H2,1H3. The molecule has 112 valence electrons. The number of anilines is 1. The van der Waals surface area contributed by atoms with Gasteiger partial charge in [-0.1, -0.05) is 6.07 Å². The van der Waals surface area contributed by atoms with Gasteiger partial charge in [0.05, 0.1) is 6.04 Å². The van der Waals surface area contributed by atoms with E-state index in [-0.39, 0.29) is 12.1 Å². The van der Waals surface area contributed by atoms with Gasteiger partial charge in [0.15, 0.2) is 5.13 Å². The minimum Gasteiger partial charge on any atom is -0.346 e. The topological polar surface area (TPSA) is 58.3 Å². The summed E-state index contributed by atoms with van der Waals surface area (Å²) in [5, 5.41) is 3.15. The molecule has 2 aromatic rings. The molecule has 2 aromatic heterocycles. The molecule has 6 heteroatoms. The van der Waals surface area contributed by atoms with Crippen LogP contribution in [0, 0.1) is 0 Å². The average Bonchev–Trinajstić information content (AvgIpc) is 3.03. The third kappa shape index (κ3) is 3.23. The van der Waals surface area contributed by atoms with Gasteiger partial charge in [0.25, 0.3) is 0 Å². The maximum Gasteiger partial charge on any atom is 0.185 e. The number of hydrogen-bond donors (Lipinski definition) is 1. The second kappa shape index (κ2) is 6.51. The van der Waals surface area contributed by atoms with Gasteiger partial charge >= 0.3 is 0 Å². The summed E-state index contributed by atoms with van der Waals surface area (Å²) in [5.41, 5.74) is 7.44. The van der Waals surface area contributed by atoms with Crippen LogP contribution in [0.25, 0.3) is 0 Å². The van der Waals surface area contributed by atoms with Crippen LogP contribution in [0.5, 0.6) is 0 Å². The third-order valence-electron chi connectivity index (χ3n) is 3.92. The van der Waals surface area contributed by atoms with E-state index in [0.29, 0.717) is 0 Å². The molecule has 1 aliphatic heterocycles. The van der Waals surface area contributed by atoms with Crippen LogP contribution in [-0.2, 0) is 0 Å². The molecule has 0 bridgehead atoms. The molecule has 0 aromatic carbocycles. The maximum atomic E-state index is 6.24. The lowest BCUT2D eigenvalue weighted by Gasteiger charge is -2.40. The first-order valence-electron chi connectivity index (χ1n) is 7.29. The summed E-state index contributed by atoms with van der Waals surface area (Å²) in [6, 6.07) is 4.42. The van der Waals surface area contributed by atoms with Crippen LogP contribution >= 0.6 is 11.3 Å². The normalized spacial score (nSPS) is 19.4. The predicted molar refractivity (Wildman–Crippen MR) is 86.5 cm³/mol. The molecular weight excluding hydrogens is 282 g/mol. The third-order valence-corrected chi connectivity index (χ3v) is 4.75. The summed E-state index contributed by atoms with van der Waals surface area (Å²) in [4.78, 5) is 13.4. The largest absolute Gasteiger partial charge is 0.346 e. The number of piperazine rings is 1. The highest BCUT2D eigenvalue weighted by Gasteiger charge is 2.28. The van der Waals surface area contributed by atoms with Crippen molar-refractivity contribution in [2.24, 2.45) is 5.73 Å². The Balaban J connectivity index is 1.69. The summed E-state index contributed by atoms with van der Waals surface area (Å²) in [5.74, 6) is 0. The van der Waals surface area contributed by atoms with Crippen molar-refractivity contribution < 1.29 is 0 Å². The van der Waals surface area contributed by atoms with Crippen molar-refractivity contribution >= 4 is 16.5 Å². The van der Waals surface area contributed by atoms with Crippen LogP contribution in [0.4, 0.5) is 5.13 Å². The first-order valence-corrected chi connectivity index (χ1v) is 8.17. The highest BCUT2D eigenvalue weighted by Crippen LogP contribution is 2.26. The maximum absolute atomic E-state index is 6.24. The molecule has 2 N–H and O–H groups in total. The zero-order chi connectivity index (χ0) is 14.7. The number of nitrogens with two attached hydrogens (primary N) is 1. The summed E-state index contributed by atoms with van der Waals surface area (Å²) in [7, 11) is 0. The lowest BCUT2D eigenvalue weighted by Crippen LogP contribution is -2.51. The highest BCUT2D eigenvalue weighted by atomic mass is 32.1. The van der Waals surface area contributed by atoms with Gasteiger partial charge in [-0.25, -0.2) is 4.98 Å². The predicted octanol–water partition coefficient (Wildman–Crippen LogP) is 1.75. The smallest absolute Gasteiger partial charge is 0.185 e. The van der Waals surface area contributed by atoms with Gasteiger partial charge in [0.2, 0.25) is 0 Å². The average molecular weight is 303 g/mol. The number of rotatable bonds is 4. The van der Waals surface area contributed by atoms with Gasteiger partial charge < -0.3 is 10.6 Å². The van der Waals surface area contributed by atoms with Crippen molar-refractivity contribution in [1.82, 2.24) is 14.9 Å². The summed E-state index contributed by atoms with van der Waals surface area (Å²) in [6.45, 7) is 6.07. The number of nitrogens with zero attached hydrogens (tertiary/aromatic N) is 4. The van der Waals surface area contributed by atoms with E-state index in [9.17, 15) is 0 Å². The van der Waals surface area contributed by atoms with Crippen molar-refractivity contribution in [3.63, 3.8) is 0 Å². The van der Waals surface area contributed by atoms with E-state index in [1.807, 2.05) is 30.0 Å². The fraction of sp³-hybridized carbons (Fsp3) is 0.467. The van der Waals surface area contributed by atoms with Crippen LogP contribution < -0.4 is 10.6 Å². The van der Waals surface area contributed by atoms with Crippen LogP contribution in [0.15, 0.2) is 36.1 Å². The molecule has 5 nitrogen and oxygen atoms in total. The Morgan fingerprint density at radius 3 is 2.62 bits per heavy atom. The molecular formula is C15H21N5S. The molecule has 3 rings (SSSR count). The molecule has 2 atom stereocenters. The minimum atomic E-state index is 0.0839. The molecule has 1 aliphatic rings. The van der Waals surface area contributed by atoms with E-state index in [2.05, 4.69) is 32.8 Å². The Bertz CT molecular complexity index is 534. The molecule has 0 amide bonds. The number of pyridine rings is 1. The molecule has 0 saturated carbocycles. The van der Waals surface area contributed by atoms with Gasteiger partial charge in [-0.3, -0.25) is 9.88 Å². The Morgan fingerprint density at radius 2 is 2.05 bits per heavy atom. The Morgan fingerprint density at radius 1 is 1.24 bits per heavy atom. The molecule has 3 heterocycles. The molecule has 0 radical (unpaired) electrons. The van der Waals surface area contributed by atoms with Crippen molar-refractivity contribution in [2.45, 2.75) is 19.0 Å². The lowest BCUT2D eigenvalue weighted by atomic mass is 10.00. The first kappa shape index (κ1) is 14.4. The van der Waals surface area contributed by atoms with Crippen molar-refractivity contribution in [3.05, 3.63) is 41.7 Å². The Labute approximate surface area is 129 Å². The number of thiazole rings is 1. The first-order chi connectivity index (χ1) is 10.3. The van der Waals surface area contributed by atoms with E-state index < -0.39 is 0 Å². The second-order valence-electron chi connectivity index (χ2n) is 5.43. The molecule has 2 unspecified atom stereocenters. The van der Waals surface area contributed by atoms with Crippen LogP contribution in [0.3, 0.4) is 0 Å². The quantitative estimate of drug-likeness (QED) is 0.932. The van der Waals surface area contributed by atoms with E-state index in [1.165, 1.54) is 5.56 Å². The molecule has 21 heavy (non-hydrogen) atoms. The van der Waals surface area contributed by atoms with Gasteiger partial charge in [-0.05, 0) is 18.6 Å². The zero-order valence-corrected chi connectivity index (χ0v) is 13.0. The summed E-state index contributed by atoms with van der Waals surface area (Å²) < 4.78 is 0. The fourth-order valence-electron chi connectivity index (χ4n) is 2.96. The van der Waals surface area contributed by atoms with Crippen LogP contribution in [0.1, 0.15) is 18.5 Å². The lowest BCUT2D eigenvalue weighted by molar-refractivity contribution is 0.166. The summed E-state index contributed by atoms with van der Waals surface area (Å²) in [6.07, 6.45) is 5.61. The van der Waals surface area contributed by atoms with Crippen LogP contribution in [-0.4, -0.2) is 47.1 Å². The van der Waals surface area contributed by atoms with Gasteiger partial charge in [-0.15, -0.1) is 11.3 Å². The SMILES string of the molecule is CC(N)C(c1cccnc1)N1CCN(c2nccs2)CC1. The second-order valence-corrected chi connectivity index (χ2v) is 6.30. The molecule has 1 fully saturated rings. The molecule has 0 spiro atoms. The van der Waals surface area contributed by atoms with Gasteiger partial charge in [-0.2, -0.15) is 0 Å². The Hall–Kier alpha value is -1.50. The van der Waals surface area contributed by atoms with E-state index in [0.717, 1.165) is 31.3 Å². The van der Waals surface area contributed by atoms with Gasteiger partial charge in [0, 0.05) is 56.2 Å². The summed E-state index contributed by atoms with van der Waals surface area (Å²) >= 11 is 1.70. The number of aromatic nitrogens is 2. The molecule has 0 aliphatic carbocycles. The number of hydrogen-bond acceptors (Lipinski definition) is 6. The molecule has 1 saturated heterocycles. The minimum absolute atomic E-state index is 0.0839.